The van der Waals surface area contributed by atoms with Crippen molar-refractivity contribution in [3.05, 3.63) is 12.2 Å². The fourth-order valence-corrected chi connectivity index (χ4v) is 6.93. The lowest BCUT2D eigenvalue weighted by molar-refractivity contribution is -0.125. The Balaban J connectivity index is 3.54. The molecule has 3 atom stereocenters. The molecule has 0 aromatic carbocycles. The van der Waals surface area contributed by atoms with Gasteiger partial charge in [0.2, 0.25) is 5.91 Å². The molecule has 0 saturated carbocycles. The van der Waals surface area contributed by atoms with Gasteiger partial charge in [-0.3, -0.25) is 4.79 Å². The number of rotatable bonds is 40. The summed E-state index contributed by atoms with van der Waals surface area (Å²) in [6.07, 6.45) is 46.2. The van der Waals surface area contributed by atoms with Crippen molar-refractivity contribution in [3.8, 4) is 0 Å². The van der Waals surface area contributed by atoms with Gasteiger partial charge in [0, 0.05) is 0 Å². The minimum Gasteiger partial charge on any atom is -0.394 e. The lowest BCUT2D eigenvalue weighted by Gasteiger charge is -2.23. The largest absolute Gasteiger partial charge is 0.394 e. The second-order valence-electron chi connectivity index (χ2n) is 15.3. The summed E-state index contributed by atoms with van der Waals surface area (Å²) in [6, 6.07) is -0.654. The Morgan fingerprint density at radius 2 is 0.816 bits per heavy atom. The van der Waals surface area contributed by atoms with Gasteiger partial charge >= 0.3 is 0 Å². The predicted molar refractivity (Wildman–Crippen MR) is 213 cm³/mol. The van der Waals surface area contributed by atoms with Crippen LogP contribution in [0.1, 0.15) is 239 Å². The van der Waals surface area contributed by atoms with Crippen LogP contribution in [0.15, 0.2) is 12.2 Å². The van der Waals surface area contributed by atoms with Crippen molar-refractivity contribution in [1.29, 1.82) is 0 Å². The topological polar surface area (TPSA) is 89.8 Å². The molecule has 0 radical (unpaired) electrons. The van der Waals surface area contributed by atoms with E-state index in [1.807, 2.05) is 0 Å². The van der Waals surface area contributed by atoms with Gasteiger partial charge in [0.15, 0.2) is 0 Å². The molecule has 1 amide bonds. The van der Waals surface area contributed by atoms with E-state index in [-0.39, 0.29) is 18.9 Å². The Morgan fingerprint density at radius 1 is 0.490 bits per heavy atom. The number of allylic oxidation sites excluding steroid dienone is 2. The van der Waals surface area contributed by atoms with E-state index >= 15 is 0 Å². The number of unbranched alkanes of at least 4 members (excludes halogenated alkanes) is 29. The number of hydrogen-bond acceptors (Lipinski definition) is 4. The molecule has 0 aliphatic heterocycles. The van der Waals surface area contributed by atoms with E-state index in [1.165, 1.54) is 180 Å². The van der Waals surface area contributed by atoms with Crippen molar-refractivity contribution in [2.75, 3.05) is 6.61 Å². The molecule has 0 heterocycles. The molecule has 0 saturated heterocycles. The summed E-state index contributed by atoms with van der Waals surface area (Å²) in [5, 5.41) is 33.3. The highest BCUT2D eigenvalue weighted by molar-refractivity contribution is 5.76. The summed E-state index contributed by atoms with van der Waals surface area (Å²) in [7, 11) is 0. The molecule has 0 fully saturated rings. The molecule has 0 aromatic heterocycles. The molecule has 5 heteroatoms. The maximum Gasteiger partial charge on any atom is 0.222 e. The highest BCUT2D eigenvalue weighted by atomic mass is 16.3. The smallest absolute Gasteiger partial charge is 0.222 e. The van der Waals surface area contributed by atoms with Gasteiger partial charge in [0.05, 0.1) is 31.3 Å². The van der Waals surface area contributed by atoms with Crippen molar-refractivity contribution < 1.29 is 20.1 Å². The lowest BCUT2D eigenvalue weighted by Crippen LogP contribution is -2.46. The van der Waals surface area contributed by atoms with Gasteiger partial charge in [-0.2, -0.15) is 0 Å². The minimum atomic E-state index is -0.745. The van der Waals surface area contributed by atoms with Crippen LogP contribution >= 0.6 is 0 Å². The van der Waals surface area contributed by atoms with Crippen LogP contribution in [0, 0.1) is 0 Å². The van der Waals surface area contributed by atoms with Gasteiger partial charge in [0.1, 0.15) is 0 Å². The summed E-state index contributed by atoms with van der Waals surface area (Å²) in [5.41, 5.74) is 0. The zero-order valence-corrected chi connectivity index (χ0v) is 33.1. The lowest BCUT2D eigenvalue weighted by atomic mass is 10.0. The summed E-state index contributed by atoms with van der Waals surface area (Å²) in [6.45, 7) is 4.25. The SMILES string of the molecule is CCCCCCCCCCCCCC/C=C\CCCCCCCCCCC(O)CC(=O)NC(CO)C(O)CCCCCCCCCCCC. The third kappa shape index (κ3) is 36.7. The molecule has 0 aliphatic carbocycles. The quantitative estimate of drug-likeness (QED) is 0.0380. The van der Waals surface area contributed by atoms with Crippen LogP contribution < -0.4 is 5.32 Å². The molecule has 5 nitrogen and oxygen atoms in total. The fraction of sp³-hybridized carbons (Fsp3) is 0.932. The molecule has 0 aliphatic rings. The molecule has 292 valence electrons. The minimum absolute atomic E-state index is 0.0370. The van der Waals surface area contributed by atoms with Gasteiger partial charge in [-0.05, 0) is 38.5 Å². The third-order valence-corrected chi connectivity index (χ3v) is 10.3. The van der Waals surface area contributed by atoms with E-state index in [2.05, 4.69) is 31.3 Å². The van der Waals surface area contributed by atoms with Crippen LogP contribution in [-0.4, -0.2) is 46.1 Å². The average molecular weight is 694 g/mol. The van der Waals surface area contributed by atoms with Gasteiger partial charge < -0.3 is 20.6 Å². The van der Waals surface area contributed by atoms with E-state index in [9.17, 15) is 20.1 Å². The first kappa shape index (κ1) is 48.1. The standard InChI is InChI=1S/C44H87NO4/c1-3-5-7-9-11-13-15-16-17-18-19-20-21-22-23-24-25-26-27-28-29-31-33-35-37-41(47)39-44(49)45-42(40-46)43(48)38-36-34-32-30-14-12-10-8-6-4-2/h22-23,41-43,46-48H,3-21,24-40H2,1-2H3,(H,45,49)/b23-22-. The zero-order valence-electron chi connectivity index (χ0n) is 33.1. The first-order valence-corrected chi connectivity index (χ1v) is 22.0. The molecule has 4 N–H and O–H groups in total. The van der Waals surface area contributed by atoms with Crippen molar-refractivity contribution in [2.24, 2.45) is 0 Å². The zero-order chi connectivity index (χ0) is 35.9. The maximum atomic E-state index is 12.4. The second-order valence-corrected chi connectivity index (χ2v) is 15.3. The number of aliphatic hydroxyl groups is 3. The van der Waals surface area contributed by atoms with E-state index in [0.29, 0.717) is 12.8 Å². The monoisotopic (exact) mass is 694 g/mol. The Kier molecular flexibility index (Phi) is 39.1. The van der Waals surface area contributed by atoms with E-state index < -0.39 is 18.2 Å². The van der Waals surface area contributed by atoms with E-state index in [1.54, 1.807) is 0 Å². The summed E-state index contributed by atoms with van der Waals surface area (Å²) < 4.78 is 0. The normalized spacial score (nSPS) is 13.7. The molecule has 0 rings (SSSR count). The number of carbonyl (C=O) groups is 1. The van der Waals surface area contributed by atoms with Crippen molar-refractivity contribution in [2.45, 2.75) is 257 Å². The number of amides is 1. The van der Waals surface area contributed by atoms with Crippen molar-refractivity contribution in [3.63, 3.8) is 0 Å². The number of hydrogen-bond donors (Lipinski definition) is 4. The van der Waals surface area contributed by atoms with Gasteiger partial charge in [-0.15, -0.1) is 0 Å². The third-order valence-electron chi connectivity index (χ3n) is 10.3. The maximum absolute atomic E-state index is 12.4. The number of aliphatic hydroxyl groups excluding tert-OH is 3. The highest BCUT2D eigenvalue weighted by Gasteiger charge is 2.21. The summed E-state index contributed by atoms with van der Waals surface area (Å²) in [5.74, 6) is -0.284. The molecule has 0 bridgehead atoms. The number of carbonyl (C=O) groups excluding carboxylic acids is 1. The highest BCUT2D eigenvalue weighted by Crippen LogP contribution is 2.16. The Labute approximate surface area is 306 Å². The van der Waals surface area contributed by atoms with E-state index in [0.717, 1.165) is 25.7 Å². The number of nitrogens with one attached hydrogen (secondary N) is 1. The van der Waals surface area contributed by atoms with Gasteiger partial charge in [-0.1, -0.05) is 206 Å². The Bertz CT molecular complexity index is 684. The Morgan fingerprint density at radius 3 is 1.18 bits per heavy atom. The van der Waals surface area contributed by atoms with Crippen LogP contribution in [0.3, 0.4) is 0 Å². The molecular weight excluding hydrogens is 606 g/mol. The van der Waals surface area contributed by atoms with Gasteiger partial charge in [0.25, 0.3) is 0 Å². The first-order chi connectivity index (χ1) is 24.0. The summed E-state index contributed by atoms with van der Waals surface area (Å²) >= 11 is 0. The average Bonchev–Trinajstić information content (AvgIpc) is 3.09. The summed E-state index contributed by atoms with van der Waals surface area (Å²) in [4.78, 5) is 12.4. The first-order valence-electron chi connectivity index (χ1n) is 22.0. The molecule has 49 heavy (non-hydrogen) atoms. The van der Waals surface area contributed by atoms with Crippen LogP contribution in [0.5, 0.6) is 0 Å². The second kappa shape index (κ2) is 39.9. The molecule has 0 spiro atoms. The molecular formula is C44H87NO4. The van der Waals surface area contributed by atoms with E-state index in [4.69, 9.17) is 0 Å². The fourth-order valence-electron chi connectivity index (χ4n) is 6.93. The molecule has 3 unspecified atom stereocenters. The van der Waals surface area contributed by atoms with Gasteiger partial charge in [-0.25, -0.2) is 0 Å². The van der Waals surface area contributed by atoms with Crippen LogP contribution in [0.2, 0.25) is 0 Å². The van der Waals surface area contributed by atoms with Crippen molar-refractivity contribution in [1.82, 2.24) is 5.32 Å². The Hall–Kier alpha value is -0.910. The van der Waals surface area contributed by atoms with Crippen molar-refractivity contribution >= 4 is 5.91 Å². The van der Waals surface area contributed by atoms with Crippen LogP contribution in [0.25, 0.3) is 0 Å². The molecule has 0 aromatic rings. The predicted octanol–water partition coefficient (Wildman–Crippen LogP) is 12.4. The van der Waals surface area contributed by atoms with Crippen LogP contribution in [0.4, 0.5) is 0 Å². The van der Waals surface area contributed by atoms with Crippen LogP contribution in [-0.2, 0) is 4.79 Å².